The van der Waals surface area contributed by atoms with Gasteiger partial charge < -0.3 is 51.6 Å². The van der Waals surface area contributed by atoms with Gasteiger partial charge in [-0.1, -0.05) is 28.1 Å². The van der Waals surface area contributed by atoms with E-state index in [2.05, 4.69) is 61.5 Å². The summed E-state index contributed by atoms with van der Waals surface area (Å²) < 4.78 is 11.8. The Balaban J connectivity index is 0.000000183. The summed E-state index contributed by atoms with van der Waals surface area (Å²) in [5.74, 6) is -0.724. The number of hydrogen-bond donors (Lipinski definition) is 5. The van der Waals surface area contributed by atoms with Crippen LogP contribution in [0, 0.1) is 0 Å². The van der Waals surface area contributed by atoms with Gasteiger partial charge in [0.15, 0.2) is 0 Å². The molecule has 3 aromatic heterocycles. The molecule has 16 nitrogen and oxygen atoms in total. The molecule has 7 aromatic rings. The van der Waals surface area contributed by atoms with Crippen molar-refractivity contribution < 1.29 is 23.9 Å². The van der Waals surface area contributed by atoms with Crippen LogP contribution >= 0.6 is 28.3 Å². The van der Waals surface area contributed by atoms with Crippen molar-refractivity contribution in [1.82, 2.24) is 15.0 Å². The molecule has 4 aromatic carbocycles. The average Bonchev–Trinajstić information content (AvgIpc) is 4.22. The molecule has 6 heterocycles. The van der Waals surface area contributed by atoms with Crippen LogP contribution in [-0.4, -0.2) is 101 Å². The van der Waals surface area contributed by atoms with Gasteiger partial charge in [-0.3, -0.25) is 19.7 Å². The van der Waals surface area contributed by atoms with Crippen LogP contribution in [0.15, 0.2) is 175 Å². The van der Waals surface area contributed by atoms with Crippen molar-refractivity contribution in [2.24, 2.45) is 5.73 Å². The van der Waals surface area contributed by atoms with Gasteiger partial charge in [0, 0.05) is 133 Å². The number of para-hydroxylation sites is 2. The van der Waals surface area contributed by atoms with Crippen LogP contribution in [0.2, 0.25) is 0 Å². The van der Waals surface area contributed by atoms with E-state index in [0.29, 0.717) is 40.1 Å². The second-order valence-electron chi connectivity index (χ2n) is 21.5. The number of carbonyl (C=O) groups excluding carboxylic acids is 3. The lowest BCUT2D eigenvalue weighted by Gasteiger charge is -2.21. The van der Waals surface area contributed by atoms with Gasteiger partial charge in [-0.05, 0) is 182 Å². The molecule has 3 saturated heterocycles. The van der Waals surface area contributed by atoms with Crippen molar-refractivity contribution in [3.63, 3.8) is 0 Å². The normalized spacial score (nSPS) is 16.4. The number of ether oxygens (including phenoxy) is 2. The Morgan fingerprint density at radius 3 is 1.26 bits per heavy atom. The number of aromatic nitrogens is 3. The summed E-state index contributed by atoms with van der Waals surface area (Å²) in [4.78, 5) is 55.2. The SMILES string of the molecule is Brc1ccncc1.CC(C)(C)OC(=O)c1ccc(N2CC[C@H](N)C2)cc1.CC(C)(C)OC(=O)c1ccc(N2CC[C@H](Nc3ccncc3)C2)cc1.Cl.Nc1ccccc1NC(=O)c1ccc(N2CC[C@H](Nc3ccncc3)C2)cc1. The molecular weight excluding hydrogens is 1090 g/mol. The highest BCUT2D eigenvalue weighted by atomic mass is 79.9. The van der Waals surface area contributed by atoms with Crippen LogP contribution in [0.4, 0.5) is 39.8 Å². The van der Waals surface area contributed by atoms with Gasteiger partial charge in [-0.25, -0.2) is 9.59 Å². The van der Waals surface area contributed by atoms with Crippen LogP contribution in [0.1, 0.15) is 91.9 Å². The number of pyridine rings is 3. The maximum Gasteiger partial charge on any atom is 0.338 e. The molecule has 0 saturated carbocycles. The van der Waals surface area contributed by atoms with E-state index >= 15 is 0 Å². The van der Waals surface area contributed by atoms with Crippen LogP contribution in [-0.2, 0) is 9.47 Å². The van der Waals surface area contributed by atoms with E-state index in [-0.39, 0.29) is 36.3 Å². The predicted molar refractivity (Wildman–Crippen MR) is 329 cm³/mol. The van der Waals surface area contributed by atoms with E-state index in [0.717, 1.165) is 91.4 Å². The maximum atomic E-state index is 12.5. The summed E-state index contributed by atoms with van der Waals surface area (Å²) in [6, 6.07) is 42.9. The van der Waals surface area contributed by atoms with Crippen molar-refractivity contribution in [2.75, 3.05) is 75.7 Å². The first kappa shape index (κ1) is 61.5. The molecule has 3 fully saturated rings. The molecule has 3 aliphatic heterocycles. The smallest absolute Gasteiger partial charge is 0.338 e. The number of anilines is 7. The summed E-state index contributed by atoms with van der Waals surface area (Å²) in [7, 11) is 0. The van der Waals surface area contributed by atoms with Crippen molar-refractivity contribution in [2.45, 2.75) is 90.1 Å². The van der Waals surface area contributed by atoms with Crippen LogP contribution < -0.4 is 42.1 Å². The first-order valence-electron chi connectivity index (χ1n) is 26.7. The lowest BCUT2D eigenvalue weighted by molar-refractivity contribution is 0.00570. The maximum absolute atomic E-state index is 12.5. The molecule has 422 valence electrons. The van der Waals surface area contributed by atoms with Gasteiger partial charge in [-0.2, -0.15) is 0 Å². The van der Waals surface area contributed by atoms with Crippen molar-refractivity contribution >= 4 is 86.0 Å². The van der Waals surface area contributed by atoms with Crippen molar-refractivity contribution in [3.8, 4) is 0 Å². The highest BCUT2D eigenvalue weighted by Gasteiger charge is 2.26. The summed E-state index contributed by atoms with van der Waals surface area (Å²) in [5.41, 5.74) is 19.4. The van der Waals surface area contributed by atoms with E-state index < -0.39 is 11.2 Å². The monoisotopic (exact) mass is 1170 g/mol. The van der Waals surface area contributed by atoms with E-state index in [4.69, 9.17) is 20.9 Å². The van der Waals surface area contributed by atoms with E-state index in [1.807, 2.05) is 163 Å². The number of carbonyl (C=O) groups is 3. The molecule has 0 spiro atoms. The van der Waals surface area contributed by atoms with Gasteiger partial charge >= 0.3 is 11.9 Å². The molecule has 0 bridgehead atoms. The van der Waals surface area contributed by atoms with Crippen molar-refractivity contribution in [1.29, 1.82) is 0 Å². The van der Waals surface area contributed by atoms with Crippen LogP contribution in [0.25, 0.3) is 0 Å². The Bertz CT molecular complexity index is 3010. The number of hydrogen-bond acceptors (Lipinski definition) is 15. The lowest BCUT2D eigenvalue weighted by Crippen LogP contribution is -2.26. The molecule has 3 atom stereocenters. The number of nitrogens with two attached hydrogens (primary N) is 2. The minimum atomic E-state index is -0.476. The fraction of sp³-hybridized carbons (Fsp3) is 0.323. The topological polar surface area (TPSA) is 206 Å². The first-order valence-corrected chi connectivity index (χ1v) is 27.5. The second kappa shape index (κ2) is 29.5. The Morgan fingerprint density at radius 1 is 0.525 bits per heavy atom. The molecule has 80 heavy (non-hydrogen) atoms. The number of benzene rings is 4. The zero-order chi connectivity index (χ0) is 56.4. The Hall–Kier alpha value is -7.73. The third-order valence-electron chi connectivity index (χ3n) is 12.8. The Labute approximate surface area is 485 Å². The molecule has 0 radical (unpaired) electrons. The van der Waals surface area contributed by atoms with E-state index in [1.165, 1.54) is 0 Å². The number of amides is 1. The fourth-order valence-electron chi connectivity index (χ4n) is 8.87. The molecule has 7 N–H and O–H groups in total. The highest BCUT2D eigenvalue weighted by molar-refractivity contribution is 9.10. The number of halogens is 2. The molecule has 18 heteroatoms. The van der Waals surface area contributed by atoms with Gasteiger partial charge in [-0.15, -0.1) is 12.4 Å². The quantitative estimate of drug-likeness (QED) is 0.0603. The van der Waals surface area contributed by atoms with Gasteiger partial charge in [0.05, 0.1) is 22.5 Å². The summed E-state index contributed by atoms with van der Waals surface area (Å²) in [6.07, 6.45) is 13.8. The largest absolute Gasteiger partial charge is 0.456 e. The van der Waals surface area contributed by atoms with Crippen molar-refractivity contribution in [3.05, 3.63) is 192 Å². The number of nitrogen functional groups attached to an aromatic ring is 1. The second-order valence-corrected chi connectivity index (χ2v) is 22.4. The van der Waals surface area contributed by atoms with Gasteiger partial charge in [0.2, 0.25) is 0 Å². The summed E-state index contributed by atoms with van der Waals surface area (Å²) in [5, 5.41) is 9.94. The highest BCUT2D eigenvalue weighted by Crippen LogP contribution is 2.27. The molecule has 0 unspecified atom stereocenters. The fourth-order valence-corrected chi connectivity index (χ4v) is 9.10. The molecule has 1 amide bonds. The third-order valence-corrected chi connectivity index (χ3v) is 13.3. The first-order chi connectivity index (χ1) is 37.8. The molecule has 0 aliphatic carbocycles. The van der Waals surface area contributed by atoms with Gasteiger partial charge in [0.25, 0.3) is 5.91 Å². The number of nitrogens with zero attached hydrogens (tertiary/aromatic N) is 6. The third kappa shape index (κ3) is 19.9. The van der Waals surface area contributed by atoms with Gasteiger partial charge in [0.1, 0.15) is 11.2 Å². The predicted octanol–water partition coefficient (Wildman–Crippen LogP) is 11.8. The zero-order valence-corrected chi connectivity index (χ0v) is 48.8. The molecule has 3 aliphatic rings. The average molecular weight is 1170 g/mol. The van der Waals surface area contributed by atoms with Crippen LogP contribution in [0.3, 0.4) is 0 Å². The minimum absolute atomic E-state index is 0. The molecular formula is C62H75BrClN11O5. The summed E-state index contributed by atoms with van der Waals surface area (Å²) >= 11 is 3.27. The van der Waals surface area contributed by atoms with Crippen LogP contribution in [0.5, 0.6) is 0 Å². The number of esters is 2. The zero-order valence-electron chi connectivity index (χ0n) is 46.4. The standard InChI is InChI=1S/C22H23N5O.C20H25N3O2.C15H22N2O2.C5H4BrN.ClH/c23-20-3-1-2-4-21(20)26-22(28)16-5-7-19(8-6-16)27-14-11-18(15-27)25-17-9-12-24-13-10-17;1-20(2,3)25-19(24)15-4-6-18(7-5-15)23-13-10-17(14-23)22-16-8-11-21-12-9-16;1-15(2,3)19-14(18)11-4-6-13(7-5-11)17-9-8-12(16)10-17;6-5-1-3-7-4-2-5;/h1-10,12-13,18H,11,14-15,23H2,(H,24,25)(H,26,28);4-9,11-12,17H,10,13-14H2,1-3H3,(H,21,22);4-7,12H,8-10,16H2,1-3H3;1-4H;1H/t18-;17-;12-;;/m000../s1. The summed E-state index contributed by atoms with van der Waals surface area (Å²) in [6.45, 7) is 16.9. The van der Waals surface area contributed by atoms with E-state index in [9.17, 15) is 14.4 Å². The van der Waals surface area contributed by atoms with E-state index in [1.54, 1.807) is 49.3 Å². The Morgan fingerprint density at radius 2 is 0.900 bits per heavy atom. The number of nitrogens with one attached hydrogen (secondary N) is 3. The Kier molecular flexibility index (Phi) is 22.7. The minimum Gasteiger partial charge on any atom is -0.456 e. The number of rotatable bonds is 11. The molecule has 10 rings (SSSR count). The lowest BCUT2D eigenvalue weighted by atomic mass is 10.1.